The number of ether oxygens (including phenoxy) is 1. The van der Waals surface area contributed by atoms with Gasteiger partial charge in [-0.1, -0.05) is 40.7 Å². The highest BCUT2D eigenvalue weighted by molar-refractivity contribution is 5.91. The summed E-state index contributed by atoms with van der Waals surface area (Å²) in [5.41, 5.74) is 3.06. The van der Waals surface area contributed by atoms with E-state index < -0.39 is 0 Å². The van der Waals surface area contributed by atoms with Crippen LogP contribution in [0, 0.1) is 6.92 Å². The van der Waals surface area contributed by atoms with Gasteiger partial charge in [0.2, 0.25) is 0 Å². The number of rotatable bonds is 6. The van der Waals surface area contributed by atoms with Gasteiger partial charge in [0.1, 0.15) is 11.6 Å². The lowest BCUT2D eigenvalue weighted by Gasteiger charge is -2.13. The second-order valence-electron chi connectivity index (χ2n) is 8.64. The molecule has 3 rings (SSSR count). The van der Waals surface area contributed by atoms with Crippen molar-refractivity contribution in [3.63, 3.8) is 0 Å². The number of aromatic nitrogens is 4. The Kier molecular flexibility index (Phi) is 6.20. The third-order valence-corrected chi connectivity index (χ3v) is 4.72. The fraction of sp³-hybridized carbons (Fsp3) is 0.391. The summed E-state index contributed by atoms with van der Waals surface area (Å²) in [6, 6.07) is 9.48. The molecule has 0 unspecified atom stereocenters. The van der Waals surface area contributed by atoms with Crippen molar-refractivity contribution in [3.05, 3.63) is 59.5 Å². The molecule has 0 bridgehead atoms. The molecule has 7 nitrogen and oxygen atoms in total. The predicted molar refractivity (Wildman–Crippen MR) is 117 cm³/mol. The first-order valence-electron chi connectivity index (χ1n) is 10.1. The molecule has 0 aliphatic heterocycles. The van der Waals surface area contributed by atoms with Crippen molar-refractivity contribution in [2.45, 2.75) is 52.9 Å². The summed E-state index contributed by atoms with van der Waals surface area (Å²) in [6.45, 7) is 12.4. The van der Waals surface area contributed by atoms with Crippen molar-refractivity contribution in [1.29, 1.82) is 0 Å². The molecule has 1 amide bonds. The standard InChI is InChI=1S/C23H29N5O2/c1-15(2)18-9-8-17(12-16(18)3)30-14-21(29)26-20-13-19(23(4,5)6)27-28(20)22-24-10-7-11-25-22/h7-13,15H,14H2,1-6H3,(H,26,29). The normalized spacial score (nSPS) is 11.6. The first-order chi connectivity index (χ1) is 14.1. The maximum absolute atomic E-state index is 12.6. The monoisotopic (exact) mass is 407 g/mol. The minimum absolute atomic E-state index is 0.105. The van der Waals surface area contributed by atoms with Crippen LogP contribution in [0.5, 0.6) is 5.75 Å². The smallest absolute Gasteiger partial charge is 0.263 e. The zero-order chi connectivity index (χ0) is 21.9. The molecule has 0 radical (unpaired) electrons. The van der Waals surface area contributed by atoms with E-state index in [4.69, 9.17) is 4.74 Å². The number of amides is 1. The zero-order valence-electron chi connectivity index (χ0n) is 18.4. The van der Waals surface area contributed by atoms with E-state index in [-0.39, 0.29) is 17.9 Å². The topological polar surface area (TPSA) is 81.9 Å². The van der Waals surface area contributed by atoms with Crippen molar-refractivity contribution >= 4 is 11.7 Å². The molecule has 2 heterocycles. The van der Waals surface area contributed by atoms with Crippen LogP contribution in [0.4, 0.5) is 5.82 Å². The molecule has 0 spiro atoms. The molecule has 0 aliphatic carbocycles. The molecule has 1 N–H and O–H groups in total. The summed E-state index contributed by atoms with van der Waals surface area (Å²) in [5.74, 6) is 1.73. The number of carbonyl (C=O) groups is 1. The number of hydrogen-bond acceptors (Lipinski definition) is 5. The van der Waals surface area contributed by atoms with Crippen LogP contribution in [0.1, 0.15) is 57.4 Å². The Labute approximate surface area is 177 Å². The largest absolute Gasteiger partial charge is 0.484 e. The Bertz CT molecular complexity index is 1020. The number of anilines is 1. The second kappa shape index (κ2) is 8.65. The maximum atomic E-state index is 12.6. The Balaban J connectivity index is 1.75. The Morgan fingerprint density at radius 2 is 1.87 bits per heavy atom. The van der Waals surface area contributed by atoms with Gasteiger partial charge in [0.25, 0.3) is 11.9 Å². The molecule has 7 heteroatoms. The van der Waals surface area contributed by atoms with Crippen LogP contribution in [-0.2, 0) is 10.2 Å². The Morgan fingerprint density at radius 1 is 1.17 bits per heavy atom. The minimum atomic E-state index is -0.280. The molecule has 30 heavy (non-hydrogen) atoms. The Morgan fingerprint density at radius 3 is 2.47 bits per heavy atom. The van der Waals surface area contributed by atoms with E-state index in [0.29, 0.717) is 23.4 Å². The quantitative estimate of drug-likeness (QED) is 0.654. The molecule has 2 aromatic heterocycles. The molecule has 0 atom stereocenters. The number of hydrogen-bond donors (Lipinski definition) is 1. The average molecular weight is 408 g/mol. The SMILES string of the molecule is Cc1cc(OCC(=O)Nc2cc(C(C)(C)C)nn2-c2ncccn2)ccc1C(C)C. The first-order valence-corrected chi connectivity index (χ1v) is 10.1. The van der Waals surface area contributed by atoms with Crippen molar-refractivity contribution < 1.29 is 9.53 Å². The van der Waals surface area contributed by atoms with E-state index in [1.165, 1.54) is 5.56 Å². The van der Waals surface area contributed by atoms with E-state index in [9.17, 15) is 4.79 Å². The number of nitrogens with zero attached hydrogens (tertiary/aromatic N) is 4. The van der Waals surface area contributed by atoms with Crippen LogP contribution in [0.15, 0.2) is 42.7 Å². The van der Waals surface area contributed by atoms with Crippen molar-refractivity contribution in [3.8, 4) is 11.7 Å². The fourth-order valence-corrected chi connectivity index (χ4v) is 3.10. The number of aryl methyl sites for hydroxylation is 1. The maximum Gasteiger partial charge on any atom is 0.263 e. The van der Waals surface area contributed by atoms with E-state index in [1.54, 1.807) is 23.1 Å². The van der Waals surface area contributed by atoms with Gasteiger partial charge < -0.3 is 10.1 Å². The van der Waals surface area contributed by atoms with Gasteiger partial charge in [-0.05, 0) is 42.2 Å². The molecule has 158 valence electrons. The van der Waals surface area contributed by atoms with Gasteiger partial charge in [0.05, 0.1) is 5.69 Å². The van der Waals surface area contributed by atoms with Gasteiger partial charge in [-0.25, -0.2) is 9.97 Å². The van der Waals surface area contributed by atoms with E-state index >= 15 is 0 Å². The number of benzene rings is 1. The molecule has 0 saturated carbocycles. The lowest BCUT2D eigenvalue weighted by atomic mass is 9.92. The summed E-state index contributed by atoms with van der Waals surface area (Å²) >= 11 is 0. The summed E-state index contributed by atoms with van der Waals surface area (Å²) < 4.78 is 7.24. The van der Waals surface area contributed by atoms with Crippen LogP contribution in [-0.4, -0.2) is 32.3 Å². The molecule has 1 aromatic carbocycles. The summed E-state index contributed by atoms with van der Waals surface area (Å²) in [4.78, 5) is 21.1. The second-order valence-corrected chi connectivity index (χ2v) is 8.64. The van der Waals surface area contributed by atoms with E-state index in [1.807, 2.05) is 24.3 Å². The lowest BCUT2D eigenvalue weighted by Crippen LogP contribution is -2.22. The molecule has 0 saturated heterocycles. The Hall–Kier alpha value is -3.22. The van der Waals surface area contributed by atoms with Crippen molar-refractivity contribution in [1.82, 2.24) is 19.7 Å². The van der Waals surface area contributed by atoms with Crippen LogP contribution >= 0.6 is 0 Å². The summed E-state index contributed by atoms with van der Waals surface area (Å²) in [7, 11) is 0. The molecule has 0 aliphatic rings. The number of carbonyl (C=O) groups excluding carboxylic acids is 1. The third-order valence-electron chi connectivity index (χ3n) is 4.72. The summed E-state index contributed by atoms with van der Waals surface area (Å²) in [6.07, 6.45) is 3.28. The minimum Gasteiger partial charge on any atom is -0.484 e. The average Bonchev–Trinajstić information content (AvgIpc) is 3.11. The fourth-order valence-electron chi connectivity index (χ4n) is 3.10. The van der Waals surface area contributed by atoms with Gasteiger partial charge >= 0.3 is 0 Å². The zero-order valence-corrected chi connectivity index (χ0v) is 18.4. The molecule has 0 fully saturated rings. The lowest BCUT2D eigenvalue weighted by molar-refractivity contribution is -0.118. The molecule has 3 aromatic rings. The van der Waals surface area contributed by atoms with Gasteiger partial charge in [0.15, 0.2) is 6.61 Å². The van der Waals surface area contributed by atoms with Crippen molar-refractivity contribution in [2.24, 2.45) is 0 Å². The third kappa shape index (κ3) is 5.03. The first kappa shape index (κ1) is 21.5. The highest BCUT2D eigenvalue weighted by Crippen LogP contribution is 2.26. The molecular formula is C23H29N5O2. The van der Waals surface area contributed by atoms with E-state index in [0.717, 1.165) is 11.3 Å². The van der Waals surface area contributed by atoms with E-state index in [2.05, 4.69) is 61.9 Å². The van der Waals surface area contributed by atoms with Crippen LogP contribution in [0.3, 0.4) is 0 Å². The van der Waals surface area contributed by atoms with Crippen molar-refractivity contribution in [2.75, 3.05) is 11.9 Å². The highest BCUT2D eigenvalue weighted by Gasteiger charge is 2.22. The molecular weight excluding hydrogens is 378 g/mol. The van der Waals surface area contributed by atoms with Gasteiger partial charge in [-0.2, -0.15) is 9.78 Å². The van der Waals surface area contributed by atoms with Gasteiger partial charge in [0, 0.05) is 23.9 Å². The summed E-state index contributed by atoms with van der Waals surface area (Å²) in [5, 5.41) is 7.47. The van der Waals surface area contributed by atoms with Gasteiger partial charge in [-0.15, -0.1) is 0 Å². The predicted octanol–water partition coefficient (Wildman–Crippen LogP) is 4.41. The van der Waals surface area contributed by atoms with Crippen LogP contribution in [0.2, 0.25) is 0 Å². The number of nitrogens with one attached hydrogen (secondary N) is 1. The highest BCUT2D eigenvalue weighted by atomic mass is 16.5. The van der Waals surface area contributed by atoms with Crippen LogP contribution in [0.25, 0.3) is 5.95 Å². The van der Waals surface area contributed by atoms with Crippen LogP contribution < -0.4 is 10.1 Å². The van der Waals surface area contributed by atoms with Gasteiger partial charge in [-0.3, -0.25) is 4.79 Å².